The first-order chi connectivity index (χ1) is 5.63. The summed E-state index contributed by atoms with van der Waals surface area (Å²) in [6, 6.07) is 5.79. The number of hydrogen-bond acceptors (Lipinski definition) is 1. The normalized spacial score (nSPS) is 13.0. The van der Waals surface area contributed by atoms with Crippen molar-refractivity contribution in [1.29, 1.82) is 0 Å². The molecule has 0 aliphatic carbocycles. The lowest BCUT2D eigenvalue weighted by atomic mass is 10.1. The van der Waals surface area contributed by atoms with Crippen LogP contribution in [0.4, 0.5) is 0 Å². The molecule has 0 saturated heterocycles. The van der Waals surface area contributed by atoms with Gasteiger partial charge in [0.15, 0.2) is 0 Å². The predicted octanol–water partition coefficient (Wildman–Crippen LogP) is 3.03. The van der Waals surface area contributed by atoms with Crippen molar-refractivity contribution in [3.8, 4) is 0 Å². The third kappa shape index (κ3) is 2.47. The van der Waals surface area contributed by atoms with Crippen molar-refractivity contribution in [2.24, 2.45) is 0 Å². The van der Waals surface area contributed by atoms with Gasteiger partial charge >= 0.3 is 0 Å². The summed E-state index contributed by atoms with van der Waals surface area (Å²) in [4.78, 5) is 0. The summed E-state index contributed by atoms with van der Waals surface area (Å²) < 4.78 is 0.974. The Bertz CT molecular complexity index is 255. The Balaban J connectivity index is 3.00. The zero-order chi connectivity index (χ0) is 9.14. The van der Waals surface area contributed by atoms with E-state index in [-0.39, 0.29) is 5.88 Å². The maximum Gasteiger partial charge on any atom is 0.0925 e. The molecule has 3 heteroatoms. The fourth-order valence-electron chi connectivity index (χ4n) is 1.05. The average molecular weight is 250 g/mol. The molecule has 0 aliphatic heterocycles. The van der Waals surface area contributed by atoms with Gasteiger partial charge in [-0.1, -0.05) is 22.0 Å². The highest BCUT2D eigenvalue weighted by Crippen LogP contribution is 2.21. The Labute approximate surface area is 85.5 Å². The lowest BCUT2D eigenvalue weighted by Crippen LogP contribution is -1.98. The van der Waals surface area contributed by atoms with Gasteiger partial charge < -0.3 is 5.11 Å². The van der Waals surface area contributed by atoms with Crippen molar-refractivity contribution in [3.05, 3.63) is 33.8 Å². The Morgan fingerprint density at radius 1 is 1.50 bits per heavy atom. The zero-order valence-electron chi connectivity index (χ0n) is 6.72. The molecule has 1 nitrogen and oxygen atoms in total. The molecule has 0 amide bonds. The largest absolute Gasteiger partial charge is 0.387 e. The van der Waals surface area contributed by atoms with Gasteiger partial charge in [0, 0.05) is 4.47 Å². The minimum absolute atomic E-state index is 0.232. The van der Waals surface area contributed by atoms with E-state index in [1.165, 1.54) is 0 Å². The lowest BCUT2D eigenvalue weighted by molar-refractivity contribution is 0.202. The first-order valence-corrected chi connectivity index (χ1v) is 4.97. The van der Waals surface area contributed by atoms with Gasteiger partial charge in [0.2, 0.25) is 0 Å². The molecule has 0 radical (unpaired) electrons. The predicted molar refractivity (Wildman–Crippen MR) is 54.6 cm³/mol. The molecule has 0 fully saturated rings. The lowest BCUT2D eigenvalue weighted by Gasteiger charge is -2.08. The molecule has 1 aromatic carbocycles. The van der Waals surface area contributed by atoms with Crippen LogP contribution in [0.2, 0.25) is 0 Å². The van der Waals surface area contributed by atoms with Gasteiger partial charge in [-0.2, -0.15) is 0 Å². The van der Waals surface area contributed by atoms with Crippen LogP contribution < -0.4 is 0 Å². The molecule has 0 spiro atoms. The monoisotopic (exact) mass is 248 g/mol. The standard InChI is InChI=1S/C9H10BrClO/c1-6-2-7(9(12)5-11)4-8(10)3-6/h2-4,9,12H,5H2,1H3/t9-/m0/s1. The number of hydrogen-bond donors (Lipinski definition) is 1. The number of aryl methyl sites for hydroxylation is 1. The van der Waals surface area contributed by atoms with Crippen LogP contribution in [0.1, 0.15) is 17.2 Å². The molecule has 1 aromatic rings. The second kappa shape index (κ2) is 4.26. The van der Waals surface area contributed by atoms with E-state index >= 15 is 0 Å². The highest BCUT2D eigenvalue weighted by Gasteiger charge is 2.06. The number of alkyl halides is 1. The number of aliphatic hydroxyl groups excluding tert-OH is 1. The summed E-state index contributed by atoms with van der Waals surface area (Å²) in [6.45, 7) is 1.98. The highest BCUT2D eigenvalue weighted by molar-refractivity contribution is 9.10. The van der Waals surface area contributed by atoms with Crippen LogP contribution >= 0.6 is 27.5 Å². The van der Waals surface area contributed by atoms with E-state index in [9.17, 15) is 5.11 Å². The van der Waals surface area contributed by atoms with Gasteiger partial charge in [-0.05, 0) is 30.2 Å². The van der Waals surface area contributed by atoms with Crippen LogP contribution in [-0.2, 0) is 0 Å². The van der Waals surface area contributed by atoms with Crippen LogP contribution in [0.25, 0.3) is 0 Å². The van der Waals surface area contributed by atoms with E-state index in [0.717, 1.165) is 15.6 Å². The van der Waals surface area contributed by atoms with Crippen LogP contribution in [0.15, 0.2) is 22.7 Å². The summed E-state index contributed by atoms with van der Waals surface area (Å²) in [5.41, 5.74) is 1.97. The van der Waals surface area contributed by atoms with Gasteiger partial charge in [0.05, 0.1) is 12.0 Å². The molecule has 0 bridgehead atoms. The van der Waals surface area contributed by atoms with Crippen LogP contribution in [0.3, 0.4) is 0 Å². The molecule has 0 aromatic heterocycles. The van der Waals surface area contributed by atoms with Crippen LogP contribution in [0, 0.1) is 6.92 Å². The van der Waals surface area contributed by atoms with Gasteiger partial charge in [-0.15, -0.1) is 11.6 Å². The van der Waals surface area contributed by atoms with E-state index in [1.54, 1.807) is 0 Å². The molecular weight excluding hydrogens is 239 g/mol. The molecule has 1 rings (SSSR count). The maximum absolute atomic E-state index is 9.43. The minimum Gasteiger partial charge on any atom is -0.387 e. The van der Waals surface area contributed by atoms with Crippen molar-refractivity contribution in [2.75, 3.05) is 5.88 Å². The quantitative estimate of drug-likeness (QED) is 0.799. The van der Waals surface area contributed by atoms with Crippen LogP contribution in [0.5, 0.6) is 0 Å². The zero-order valence-corrected chi connectivity index (χ0v) is 9.06. The molecule has 0 aliphatic rings. The van der Waals surface area contributed by atoms with E-state index in [0.29, 0.717) is 0 Å². The van der Waals surface area contributed by atoms with Crippen molar-refractivity contribution in [2.45, 2.75) is 13.0 Å². The van der Waals surface area contributed by atoms with Crippen molar-refractivity contribution in [3.63, 3.8) is 0 Å². The molecule has 1 atom stereocenters. The molecule has 12 heavy (non-hydrogen) atoms. The summed E-state index contributed by atoms with van der Waals surface area (Å²) in [5, 5.41) is 9.43. The molecule has 0 saturated carbocycles. The first kappa shape index (κ1) is 10.0. The number of rotatable bonds is 2. The Morgan fingerprint density at radius 3 is 2.67 bits per heavy atom. The molecule has 0 unspecified atom stereocenters. The third-order valence-corrected chi connectivity index (χ3v) is 2.35. The molecule has 1 N–H and O–H groups in total. The highest BCUT2D eigenvalue weighted by atomic mass is 79.9. The second-order valence-corrected chi connectivity index (χ2v) is 3.96. The third-order valence-electron chi connectivity index (χ3n) is 1.60. The Morgan fingerprint density at radius 2 is 2.17 bits per heavy atom. The van der Waals surface area contributed by atoms with Crippen molar-refractivity contribution >= 4 is 27.5 Å². The molecule has 66 valence electrons. The van der Waals surface area contributed by atoms with E-state index in [1.807, 2.05) is 25.1 Å². The summed E-state index contributed by atoms with van der Waals surface area (Å²) in [6.07, 6.45) is -0.567. The second-order valence-electron chi connectivity index (χ2n) is 2.73. The minimum atomic E-state index is -0.567. The topological polar surface area (TPSA) is 20.2 Å². The van der Waals surface area contributed by atoms with E-state index < -0.39 is 6.10 Å². The molecular formula is C9H10BrClO. The fourth-order valence-corrected chi connectivity index (χ4v) is 1.85. The Kier molecular flexibility index (Phi) is 3.56. The van der Waals surface area contributed by atoms with Gasteiger partial charge in [-0.3, -0.25) is 0 Å². The molecule has 0 heterocycles. The fraction of sp³-hybridized carbons (Fsp3) is 0.333. The maximum atomic E-state index is 9.43. The van der Waals surface area contributed by atoms with Crippen molar-refractivity contribution in [1.82, 2.24) is 0 Å². The number of halogens is 2. The first-order valence-electron chi connectivity index (χ1n) is 3.64. The number of aliphatic hydroxyl groups is 1. The van der Waals surface area contributed by atoms with Crippen LogP contribution in [-0.4, -0.2) is 11.0 Å². The summed E-state index contributed by atoms with van der Waals surface area (Å²) >= 11 is 8.88. The van der Waals surface area contributed by atoms with Gasteiger partial charge in [0.25, 0.3) is 0 Å². The van der Waals surface area contributed by atoms with E-state index in [2.05, 4.69) is 15.9 Å². The number of benzene rings is 1. The van der Waals surface area contributed by atoms with Crippen molar-refractivity contribution < 1.29 is 5.11 Å². The smallest absolute Gasteiger partial charge is 0.0925 e. The summed E-state index contributed by atoms with van der Waals surface area (Å²) in [5.74, 6) is 0.232. The summed E-state index contributed by atoms with van der Waals surface area (Å²) in [7, 11) is 0. The van der Waals surface area contributed by atoms with Gasteiger partial charge in [0.1, 0.15) is 0 Å². The average Bonchev–Trinajstić information content (AvgIpc) is 2.01. The van der Waals surface area contributed by atoms with E-state index in [4.69, 9.17) is 11.6 Å². The SMILES string of the molecule is Cc1cc(Br)cc([C@@H](O)CCl)c1. The van der Waals surface area contributed by atoms with Gasteiger partial charge in [-0.25, -0.2) is 0 Å². The Hall–Kier alpha value is -0.0500.